The number of ether oxygens (including phenoxy) is 1. The van der Waals surface area contributed by atoms with Gasteiger partial charge in [-0.3, -0.25) is 9.59 Å². The minimum Gasteiger partial charge on any atom is -0.481 e. The molecule has 0 aliphatic carbocycles. The molecule has 1 fully saturated rings. The van der Waals surface area contributed by atoms with Crippen LogP contribution in [0.25, 0.3) is 0 Å². The number of hydrogen-bond acceptors (Lipinski definition) is 4. The zero-order chi connectivity index (χ0) is 13.7. The second-order valence-corrected chi connectivity index (χ2v) is 5.54. The SMILES string of the molecule is O=C(O)C[C@@H](NC(=O)C1CCOCC1)c1cccs1. The van der Waals surface area contributed by atoms with Crippen molar-refractivity contribution < 1.29 is 19.4 Å². The van der Waals surface area contributed by atoms with Gasteiger partial charge in [0, 0.05) is 24.0 Å². The Bertz CT molecular complexity index is 426. The number of carbonyl (C=O) groups excluding carboxylic acids is 1. The molecule has 2 heterocycles. The topological polar surface area (TPSA) is 75.6 Å². The van der Waals surface area contributed by atoms with Crippen molar-refractivity contribution in [2.45, 2.75) is 25.3 Å². The molecule has 0 bridgehead atoms. The normalized spacial score (nSPS) is 17.9. The zero-order valence-corrected chi connectivity index (χ0v) is 11.3. The predicted molar refractivity (Wildman–Crippen MR) is 71.0 cm³/mol. The molecule has 104 valence electrons. The van der Waals surface area contributed by atoms with Gasteiger partial charge in [-0.25, -0.2) is 0 Å². The van der Waals surface area contributed by atoms with E-state index in [4.69, 9.17) is 9.84 Å². The molecule has 1 amide bonds. The highest BCUT2D eigenvalue weighted by molar-refractivity contribution is 7.10. The van der Waals surface area contributed by atoms with Crippen LogP contribution in [0, 0.1) is 5.92 Å². The van der Waals surface area contributed by atoms with Gasteiger partial charge in [-0.2, -0.15) is 0 Å². The van der Waals surface area contributed by atoms with Crippen LogP contribution in [-0.4, -0.2) is 30.2 Å². The van der Waals surface area contributed by atoms with E-state index < -0.39 is 12.0 Å². The zero-order valence-electron chi connectivity index (χ0n) is 10.5. The van der Waals surface area contributed by atoms with Crippen molar-refractivity contribution in [3.63, 3.8) is 0 Å². The van der Waals surface area contributed by atoms with Crippen LogP contribution < -0.4 is 5.32 Å². The summed E-state index contributed by atoms with van der Waals surface area (Å²) in [5.74, 6) is -1.04. The van der Waals surface area contributed by atoms with Gasteiger partial charge in [0.05, 0.1) is 12.5 Å². The Kier molecular flexibility index (Phi) is 4.93. The van der Waals surface area contributed by atoms with Gasteiger partial charge in [-0.15, -0.1) is 11.3 Å². The van der Waals surface area contributed by atoms with Crippen molar-refractivity contribution in [2.24, 2.45) is 5.92 Å². The van der Waals surface area contributed by atoms with Crippen LogP contribution in [0.15, 0.2) is 17.5 Å². The average Bonchev–Trinajstić information content (AvgIpc) is 2.92. The van der Waals surface area contributed by atoms with Gasteiger partial charge in [0.15, 0.2) is 0 Å². The largest absolute Gasteiger partial charge is 0.481 e. The third-order valence-corrected chi connectivity index (χ3v) is 4.16. The van der Waals surface area contributed by atoms with Crippen LogP contribution in [0.2, 0.25) is 0 Å². The van der Waals surface area contributed by atoms with Crippen molar-refractivity contribution in [1.82, 2.24) is 5.32 Å². The minimum absolute atomic E-state index is 0.0648. The molecule has 0 saturated carbocycles. The molecule has 5 nitrogen and oxygen atoms in total. The maximum Gasteiger partial charge on any atom is 0.305 e. The van der Waals surface area contributed by atoms with Gasteiger partial charge >= 0.3 is 5.97 Å². The lowest BCUT2D eigenvalue weighted by Gasteiger charge is -2.24. The first kappa shape index (κ1) is 14.0. The lowest BCUT2D eigenvalue weighted by Crippen LogP contribution is -2.37. The van der Waals surface area contributed by atoms with Gasteiger partial charge in [0.2, 0.25) is 5.91 Å². The van der Waals surface area contributed by atoms with Crippen molar-refractivity contribution in [2.75, 3.05) is 13.2 Å². The number of nitrogens with one attached hydrogen (secondary N) is 1. The van der Waals surface area contributed by atoms with Gasteiger partial charge in [-0.05, 0) is 24.3 Å². The summed E-state index contributed by atoms with van der Waals surface area (Å²) >= 11 is 1.46. The van der Waals surface area contributed by atoms with Crippen LogP contribution in [0.3, 0.4) is 0 Å². The van der Waals surface area contributed by atoms with Crippen molar-refractivity contribution in [3.8, 4) is 0 Å². The molecule has 0 radical (unpaired) electrons. The summed E-state index contributed by atoms with van der Waals surface area (Å²) in [6.45, 7) is 1.20. The molecule has 0 spiro atoms. The fraction of sp³-hybridized carbons (Fsp3) is 0.538. The van der Waals surface area contributed by atoms with E-state index in [1.54, 1.807) is 0 Å². The fourth-order valence-corrected chi connectivity index (χ4v) is 2.91. The monoisotopic (exact) mass is 283 g/mol. The Morgan fingerprint density at radius 3 is 2.79 bits per heavy atom. The number of carboxylic acids is 1. The molecule has 1 aromatic rings. The van der Waals surface area contributed by atoms with E-state index >= 15 is 0 Å². The summed E-state index contributed by atoms with van der Waals surface area (Å²) in [5.41, 5.74) is 0. The molecule has 19 heavy (non-hydrogen) atoms. The van der Waals surface area contributed by atoms with Crippen molar-refractivity contribution in [1.29, 1.82) is 0 Å². The summed E-state index contributed by atoms with van der Waals surface area (Å²) in [6.07, 6.45) is 1.32. The average molecular weight is 283 g/mol. The smallest absolute Gasteiger partial charge is 0.305 e. The number of rotatable bonds is 5. The molecule has 2 N–H and O–H groups in total. The molecule has 2 rings (SSSR count). The first-order chi connectivity index (χ1) is 9.16. The standard InChI is InChI=1S/C13H17NO4S/c15-12(16)8-10(11-2-1-7-19-11)14-13(17)9-3-5-18-6-4-9/h1-2,7,9-10H,3-6,8H2,(H,14,17)(H,15,16)/t10-/m1/s1. The molecule has 6 heteroatoms. The van der Waals surface area contributed by atoms with Crippen LogP contribution in [-0.2, 0) is 14.3 Å². The van der Waals surface area contributed by atoms with Gasteiger partial charge in [-0.1, -0.05) is 6.07 Å². The number of aliphatic carboxylic acids is 1. The number of carbonyl (C=O) groups is 2. The van der Waals surface area contributed by atoms with Crippen LogP contribution in [0.1, 0.15) is 30.2 Å². The molecule has 1 aliphatic heterocycles. The number of hydrogen-bond donors (Lipinski definition) is 2. The molecule has 0 unspecified atom stereocenters. The summed E-state index contributed by atoms with van der Waals surface area (Å²) in [6, 6.07) is 3.27. The first-order valence-corrected chi connectivity index (χ1v) is 7.18. The Morgan fingerprint density at radius 1 is 1.47 bits per heavy atom. The molecule has 1 aliphatic rings. The highest BCUT2D eigenvalue weighted by Gasteiger charge is 2.25. The van der Waals surface area contributed by atoms with Gasteiger partial charge in [0.25, 0.3) is 0 Å². The molecular weight excluding hydrogens is 266 g/mol. The fourth-order valence-electron chi connectivity index (χ4n) is 2.14. The van der Waals surface area contributed by atoms with Crippen LogP contribution in [0.4, 0.5) is 0 Å². The predicted octanol–water partition coefficient (Wildman–Crippen LogP) is 1.81. The van der Waals surface area contributed by atoms with E-state index in [0.29, 0.717) is 26.1 Å². The maximum absolute atomic E-state index is 12.1. The van der Waals surface area contributed by atoms with Crippen molar-refractivity contribution >= 4 is 23.2 Å². The highest BCUT2D eigenvalue weighted by atomic mass is 32.1. The summed E-state index contributed by atoms with van der Waals surface area (Å²) in [5, 5.41) is 13.7. The lowest BCUT2D eigenvalue weighted by atomic mass is 9.98. The minimum atomic E-state index is -0.911. The van der Waals surface area contributed by atoms with E-state index in [2.05, 4.69) is 5.32 Å². The molecule has 1 saturated heterocycles. The highest BCUT2D eigenvalue weighted by Crippen LogP contribution is 2.24. The number of carboxylic acid groups (broad SMARTS) is 1. The first-order valence-electron chi connectivity index (χ1n) is 6.30. The van der Waals surface area contributed by atoms with E-state index in [1.807, 2.05) is 17.5 Å². The van der Waals surface area contributed by atoms with Gasteiger partial charge in [0.1, 0.15) is 0 Å². The Labute approximate surface area is 115 Å². The van der Waals surface area contributed by atoms with E-state index in [9.17, 15) is 9.59 Å². The Balaban J connectivity index is 1.99. The molecule has 0 aromatic carbocycles. The molecule has 1 aromatic heterocycles. The second-order valence-electron chi connectivity index (χ2n) is 4.56. The number of thiophene rings is 1. The lowest BCUT2D eigenvalue weighted by molar-refractivity contribution is -0.138. The van der Waals surface area contributed by atoms with E-state index in [-0.39, 0.29) is 18.2 Å². The molecular formula is C13H17NO4S. The third-order valence-electron chi connectivity index (χ3n) is 3.17. The second kappa shape index (κ2) is 6.68. The van der Waals surface area contributed by atoms with Gasteiger partial charge < -0.3 is 15.2 Å². The van der Waals surface area contributed by atoms with E-state index in [1.165, 1.54) is 11.3 Å². The Morgan fingerprint density at radius 2 is 2.21 bits per heavy atom. The summed E-state index contributed by atoms with van der Waals surface area (Å²) in [4.78, 5) is 23.9. The maximum atomic E-state index is 12.1. The van der Waals surface area contributed by atoms with Crippen LogP contribution >= 0.6 is 11.3 Å². The third kappa shape index (κ3) is 4.04. The quantitative estimate of drug-likeness (QED) is 0.864. The van der Waals surface area contributed by atoms with Crippen LogP contribution in [0.5, 0.6) is 0 Å². The summed E-state index contributed by atoms with van der Waals surface area (Å²) in [7, 11) is 0. The van der Waals surface area contributed by atoms with Crippen molar-refractivity contribution in [3.05, 3.63) is 22.4 Å². The molecule has 1 atom stereocenters. The van der Waals surface area contributed by atoms with E-state index in [0.717, 1.165) is 4.88 Å². The Hall–Kier alpha value is -1.40. The summed E-state index contributed by atoms with van der Waals surface area (Å²) < 4.78 is 5.22. The number of amides is 1.